The smallest absolute Gasteiger partial charge is 0.231 e. The lowest BCUT2D eigenvalue weighted by atomic mass is 9.92. The van der Waals surface area contributed by atoms with E-state index < -0.39 is 0 Å². The van der Waals surface area contributed by atoms with Crippen LogP contribution in [0.25, 0.3) is 0 Å². The van der Waals surface area contributed by atoms with Crippen LogP contribution in [-0.4, -0.2) is 43.3 Å². The van der Waals surface area contributed by atoms with Crippen molar-refractivity contribution in [2.75, 3.05) is 27.5 Å². The Morgan fingerprint density at radius 1 is 1.15 bits per heavy atom. The third kappa shape index (κ3) is 2.86. The van der Waals surface area contributed by atoms with Gasteiger partial charge in [0.15, 0.2) is 28.8 Å². The van der Waals surface area contributed by atoms with Crippen molar-refractivity contribution in [1.29, 1.82) is 0 Å². The molecule has 0 bridgehead atoms. The number of ketones is 1. The second-order valence-corrected chi connectivity index (χ2v) is 6.70. The van der Waals surface area contributed by atoms with Gasteiger partial charge >= 0.3 is 0 Å². The molecule has 2 heterocycles. The first-order valence-corrected chi connectivity index (χ1v) is 8.58. The number of carbonyl (C=O) groups excluding carboxylic acids is 1. The number of ether oxygens (including phenoxy) is 3. The van der Waals surface area contributed by atoms with E-state index in [-0.39, 0.29) is 24.7 Å². The maximum absolute atomic E-state index is 13.0. The quantitative estimate of drug-likeness (QED) is 0.848. The van der Waals surface area contributed by atoms with Gasteiger partial charge in [0, 0.05) is 30.6 Å². The lowest BCUT2D eigenvalue weighted by Crippen LogP contribution is -2.24. The monoisotopic (exact) mass is 355 g/mol. The molecule has 6 nitrogen and oxygen atoms in total. The molecule has 0 aromatic heterocycles. The number of aromatic hydroxyl groups is 1. The zero-order valence-corrected chi connectivity index (χ0v) is 14.9. The predicted molar refractivity (Wildman–Crippen MR) is 95.3 cm³/mol. The van der Waals surface area contributed by atoms with Crippen LogP contribution in [0.2, 0.25) is 0 Å². The molecular weight excluding hydrogens is 334 g/mol. The topological polar surface area (TPSA) is 68.2 Å². The average molecular weight is 355 g/mol. The van der Waals surface area contributed by atoms with E-state index in [9.17, 15) is 9.90 Å². The van der Waals surface area contributed by atoms with Crippen LogP contribution in [0.1, 0.15) is 27.0 Å². The summed E-state index contributed by atoms with van der Waals surface area (Å²) in [7, 11) is 3.52. The van der Waals surface area contributed by atoms with Crippen LogP contribution < -0.4 is 14.2 Å². The molecular formula is C20H21NO5. The van der Waals surface area contributed by atoms with E-state index >= 15 is 0 Å². The third-order valence-electron chi connectivity index (χ3n) is 5.00. The van der Waals surface area contributed by atoms with Gasteiger partial charge in [-0.25, -0.2) is 0 Å². The molecule has 0 fully saturated rings. The summed E-state index contributed by atoms with van der Waals surface area (Å²) in [5.41, 5.74) is 3.17. The van der Waals surface area contributed by atoms with Crippen LogP contribution in [0.4, 0.5) is 0 Å². The van der Waals surface area contributed by atoms with Crippen molar-refractivity contribution in [2.45, 2.75) is 19.4 Å². The Balaban J connectivity index is 1.79. The fraction of sp³-hybridized carbons (Fsp3) is 0.350. The van der Waals surface area contributed by atoms with Gasteiger partial charge in [-0.3, -0.25) is 4.79 Å². The summed E-state index contributed by atoms with van der Waals surface area (Å²) in [6.45, 7) is 1.48. The number of carbonyl (C=O) groups is 1. The molecule has 2 aromatic carbocycles. The minimum Gasteiger partial charge on any atom is -0.504 e. The van der Waals surface area contributed by atoms with Crippen molar-refractivity contribution < 1.29 is 24.1 Å². The molecule has 0 amide bonds. The minimum absolute atomic E-state index is 0.00803. The lowest BCUT2D eigenvalue weighted by molar-refractivity contribution is 0.0990. The number of methoxy groups -OCH3 is 1. The molecule has 6 heteroatoms. The number of Topliss-reactive ketones (excluding diaryl/α,β-unsaturated/α-hetero) is 1. The largest absolute Gasteiger partial charge is 0.504 e. The number of rotatable bonds is 1. The molecule has 0 radical (unpaired) electrons. The summed E-state index contributed by atoms with van der Waals surface area (Å²) in [6, 6.07) is 7.25. The number of benzene rings is 2. The Hall–Kier alpha value is -2.73. The third-order valence-corrected chi connectivity index (χ3v) is 5.00. The van der Waals surface area contributed by atoms with Gasteiger partial charge < -0.3 is 24.2 Å². The molecule has 0 unspecified atom stereocenters. The Morgan fingerprint density at radius 3 is 2.69 bits per heavy atom. The summed E-state index contributed by atoms with van der Waals surface area (Å²) in [4.78, 5) is 15.1. The molecule has 0 atom stereocenters. The maximum Gasteiger partial charge on any atom is 0.231 e. The van der Waals surface area contributed by atoms with Crippen molar-refractivity contribution >= 4 is 5.78 Å². The van der Waals surface area contributed by atoms with E-state index in [0.29, 0.717) is 35.8 Å². The van der Waals surface area contributed by atoms with Gasteiger partial charge in [-0.2, -0.15) is 0 Å². The SMILES string of the molecule is COc1ccc2c(c1O)CN(C)CCc1cc3c(cc1C(=O)C2)OCO3. The van der Waals surface area contributed by atoms with Gasteiger partial charge in [-0.05, 0) is 42.8 Å². The fourth-order valence-electron chi connectivity index (χ4n) is 3.54. The van der Waals surface area contributed by atoms with Crippen molar-refractivity contribution in [1.82, 2.24) is 4.90 Å². The molecule has 0 saturated heterocycles. The highest BCUT2D eigenvalue weighted by atomic mass is 16.7. The van der Waals surface area contributed by atoms with Crippen LogP contribution in [0, 0.1) is 0 Å². The second kappa shape index (κ2) is 6.53. The fourth-order valence-corrected chi connectivity index (χ4v) is 3.54. The highest BCUT2D eigenvalue weighted by Crippen LogP contribution is 2.37. The lowest BCUT2D eigenvalue weighted by Gasteiger charge is -2.23. The number of fused-ring (bicyclic) bond motifs is 3. The summed E-state index contributed by atoms with van der Waals surface area (Å²) in [5.74, 6) is 1.84. The molecule has 136 valence electrons. The zero-order valence-electron chi connectivity index (χ0n) is 14.9. The Morgan fingerprint density at radius 2 is 1.92 bits per heavy atom. The number of likely N-dealkylation sites (N-methyl/N-ethyl adjacent to an activating group) is 1. The number of phenols is 1. The molecule has 26 heavy (non-hydrogen) atoms. The first kappa shape index (κ1) is 16.7. The molecule has 0 aliphatic carbocycles. The van der Waals surface area contributed by atoms with Crippen molar-refractivity contribution in [3.63, 3.8) is 0 Å². The summed E-state index contributed by atoms with van der Waals surface area (Å²) >= 11 is 0. The molecule has 4 rings (SSSR count). The van der Waals surface area contributed by atoms with Gasteiger partial charge in [0.2, 0.25) is 6.79 Å². The minimum atomic E-state index is 0.00803. The van der Waals surface area contributed by atoms with Crippen LogP contribution in [-0.2, 0) is 19.4 Å². The molecule has 0 spiro atoms. The number of hydrogen-bond donors (Lipinski definition) is 1. The summed E-state index contributed by atoms with van der Waals surface area (Å²) in [5, 5.41) is 10.5. The molecule has 2 aliphatic rings. The van der Waals surface area contributed by atoms with E-state index in [1.807, 2.05) is 19.2 Å². The number of hydrogen-bond acceptors (Lipinski definition) is 6. The van der Waals surface area contributed by atoms with Crippen LogP contribution in [0.3, 0.4) is 0 Å². The Bertz CT molecular complexity index is 877. The van der Waals surface area contributed by atoms with Crippen LogP contribution in [0.5, 0.6) is 23.0 Å². The molecule has 2 aromatic rings. The summed E-state index contributed by atoms with van der Waals surface area (Å²) < 4.78 is 16.1. The highest BCUT2D eigenvalue weighted by molar-refractivity contribution is 6.00. The van der Waals surface area contributed by atoms with E-state index in [1.54, 1.807) is 12.1 Å². The van der Waals surface area contributed by atoms with Crippen LogP contribution in [0.15, 0.2) is 24.3 Å². The van der Waals surface area contributed by atoms with Gasteiger partial charge in [0.05, 0.1) is 7.11 Å². The highest BCUT2D eigenvalue weighted by Gasteiger charge is 2.24. The second-order valence-electron chi connectivity index (χ2n) is 6.70. The van der Waals surface area contributed by atoms with Crippen molar-refractivity contribution in [3.8, 4) is 23.0 Å². The molecule has 0 saturated carbocycles. The molecule has 1 N–H and O–H groups in total. The Kier molecular flexibility index (Phi) is 4.20. The van der Waals surface area contributed by atoms with E-state index in [4.69, 9.17) is 14.2 Å². The normalized spacial score (nSPS) is 16.8. The van der Waals surface area contributed by atoms with Crippen molar-refractivity contribution in [3.05, 3.63) is 46.5 Å². The number of nitrogens with zero attached hydrogens (tertiary/aromatic N) is 1. The Labute approximate surface area is 151 Å². The standard InChI is InChI=1S/C20H21NO5/c1-21-6-5-13-8-18-19(26-11-25-18)9-14(13)16(22)7-12-3-4-17(24-2)20(23)15(12)10-21/h3-4,8-9,23H,5-7,10-11H2,1-2H3. The maximum atomic E-state index is 13.0. The summed E-state index contributed by atoms with van der Waals surface area (Å²) in [6.07, 6.45) is 0.932. The number of phenolic OH excluding ortho intramolecular Hbond substituents is 1. The van der Waals surface area contributed by atoms with Gasteiger partial charge in [0.25, 0.3) is 0 Å². The first-order valence-electron chi connectivity index (χ1n) is 8.58. The van der Waals surface area contributed by atoms with E-state index in [2.05, 4.69) is 4.90 Å². The van der Waals surface area contributed by atoms with Gasteiger partial charge in [0.1, 0.15) is 0 Å². The van der Waals surface area contributed by atoms with Gasteiger partial charge in [-0.15, -0.1) is 0 Å². The van der Waals surface area contributed by atoms with Crippen molar-refractivity contribution in [2.24, 2.45) is 0 Å². The van der Waals surface area contributed by atoms with E-state index in [0.717, 1.165) is 23.2 Å². The van der Waals surface area contributed by atoms with Crippen LogP contribution >= 0.6 is 0 Å². The predicted octanol–water partition coefficient (Wildman–Crippen LogP) is 2.54. The van der Waals surface area contributed by atoms with E-state index in [1.165, 1.54) is 7.11 Å². The zero-order chi connectivity index (χ0) is 18.3. The first-order chi connectivity index (χ1) is 12.6. The molecule has 2 aliphatic heterocycles. The average Bonchev–Trinajstić information content (AvgIpc) is 3.09. The van der Waals surface area contributed by atoms with Gasteiger partial charge in [-0.1, -0.05) is 6.07 Å².